The van der Waals surface area contributed by atoms with Crippen LogP contribution in [0.2, 0.25) is 0 Å². The van der Waals surface area contributed by atoms with Gasteiger partial charge in [0.2, 0.25) is 0 Å². The van der Waals surface area contributed by atoms with E-state index in [1.54, 1.807) is 4.90 Å². The van der Waals surface area contributed by atoms with Gasteiger partial charge in [-0.25, -0.2) is 9.18 Å². The number of anilines is 2. The maximum absolute atomic E-state index is 12.9. The third kappa shape index (κ3) is 3.62. The van der Waals surface area contributed by atoms with E-state index < -0.39 is 0 Å². The molecule has 0 spiro atoms. The highest BCUT2D eigenvalue weighted by molar-refractivity contribution is 5.94. The number of hydrogen-bond donors (Lipinski definition) is 2. The molecule has 4 nitrogen and oxygen atoms in total. The molecule has 1 fully saturated rings. The van der Waals surface area contributed by atoms with E-state index in [1.807, 2.05) is 36.4 Å². The van der Waals surface area contributed by atoms with Crippen LogP contribution in [0.1, 0.15) is 18.4 Å². The Kier molecular flexibility index (Phi) is 4.46. The van der Waals surface area contributed by atoms with Crippen molar-refractivity contribution in [2.75, 3.05) is 29.9 Å². The molecule has 2 aromatic carbocycles. The highest BCUT2D eigenvalue weighted by Crippen LogP contribution is 2.21. The molecule has 2 N–H and O–H groups in total. The maximum Gasteiger partial charge on any atom is 0.321 e. The fourth-order valence-corrected chi connectivity index (χ4v) is 2.66. The number of urea groups is 1. The van der Waals surface area contributed by atoms with E-state index >= 15 is 0 Å². The average Bonchev–Trinajstić information content (AvgIpc) is 3.00. The van der Waals surface area contributed by atoms with Crippen molar-refractivity contribution in [2.24, 2.45) is 0 Å². The normalized spacial score (nSPS) is 15.4. The molecule has 5 heteroatoms. The summed E-state index contributed by atoms with van der Waals surface area (Å²) in [6, 6.07) is 14.4. The average molecular weight is 313 g/mol. The third-order valence-corrected chi connectivity index (χ3v) is 4.09. The molecule has 23 heavy (non-hydrogen) atoms. The van der Waals surface area contributed by atoms with Crippen LogP contribution in [0.25, 0.3) is 0 Å². The van der Waals surface area contributed by atoms with Crippen LogP contribution in [0.3, 0.4) is 0 Å². The lowest BCUT2D eigenvalue weighted by Gasteiger charge is -2.16. The van der Waals surface area contributed by atoms with E-state index in [2.05, 4.69) is 17.6 Å². The van der Waals surface area contributed by atoms with E-state index in [0.29, 0.717) is 13.1 Å². The van der Waals surface area contributed by atoms with Gasteiger partial charge in [0.15, 0.2) is 0 Å². The number of rotatable bonds is 5. The summed E-state index contributed by atoms with van der Waals surface area (Å²) in [7, 11) is 0. The van der Waals surface area contributed by atoms with Crippen LogP contribution in [-0.4, -0.2) is 25.7 Å². The Balaban J connectivity index is 1.58. The van der Waals surface area contributed by atoms with Crippen molar-refractivity contribution in [1.82, 2.24) is 5.32 Å². The minimum Gasteiger partial charge on any atom is -0.384 e. The second kappa shape index (κ2) is 6.69. The molecule has 2 amide bonds. The number of nitrogens with one attached hydrogen (secondary N) is 2. The van der Waals surface area contributed by atoms with Crippen molar-refractivity contribution in [3.63, 3.8) is 0 Å². The predicted molar refractivity (Wildman–Crippen MR) is 90.5 cm³/mol. The minimum absolute atomic E-state index is 0.0457. The number of carbonyl (C=O) groups is 1. The molecular formula is C18H20FN3O. The monoisotopic (exact) mass is 313 g/mol. The number of benzene rings is 2. The van der Waals surface area contributed by atoms with E-state index in [-0.39, 0.29) is 17.8 Å². The van der Waals surface area contributed by atoms with Gasteiger partial charge < -0.3 is 10.6 Å². The standard InChI is InChI=1S/C18H20FN3O/c1-13(14-2-4-15(19)5-3-14)12-21-16-6-8-17(9-7-16)22-11-10-20-18(22)23/h2-9,13,21H,10-12H2,1H3,(H,20,23). The molecule has 1 heterocycles. The first kappa shape index (κ1) is 15.3. The highest BCUT2D eigenvalue weighted by atomic mass is 19.1. The molecule has 1 aliphatic rings. The first-order chi connectivity index (χ1) is 11.1. The van der Waals surface area contributed by atoms with Crippen LogP contribution in [0, 0.1) is 5.82 Å². The van der Waals surface area contributed by atoms with Crippen molar-refractivity contribution >= 4 is 17.4 Å². The van der Waals surface area contributed by atoms with Crippen molar-refractivity contribution in [3.05, 3.63) is 59.9 Å². The van der Waals surface area contributed by atoms with E-state index in [4.69, 9.17) is 0 Å². The first-order valence-electron chi connectivity index (χ1n) is 7.78. The summed E-state index contributed by atoms with van der Waals surface area (Å²) in [5.74, 6) is 0.0649. The topological polar surface area (TPSA) is 44.4 Å². The second-order valence-corrected chi connectivity index (χ2v) is 5.76. The molecule has 120 valence electrons. The smallest absolute Gasteiger partial charge is 0.321 e. The Morgan fingerprint density at radius 3 is 2.48 bits per heavy atom. The summed E-state index contributed by atoms with van der Waals surface area (Å²) >= 11 is 0. The molecule has 1 aliphatic heterocycles. The summed E-state index contributed by atoms with van der Waals surface area (Å²) in [5.41, 5.74) is 3.00. The molecule has 1 saturated heterocycles. The Labute approximate surface area is 135 Å². The van der Waals surface area contributed by atoms with Gasteiger partial charge in [-0.15, -0.1) is 0 Å². The van der Waals surface area contributed by atoms with Gasteiger partial charge in [-0.1, -0.05) is 19.1 Å². The molecule has 3 rings (SSSR count). The molecular weight excluding hydrogens is 293 g/mol. The largest absolute Gasteiger partial charge is 0.384 e. The van der Waals surface area contributed by atoms with Crippen molar-refractivity contribution in [2.45, 2.75) is 12.8 Å². The van der Waals surface area contributed by atoms with E-state index in [9.17, 15) is 9.18 Å². The van der Waals surface area contributed by atoms with Gasteiger partial charge in [-0.2, -0.15) is 0 Å². The lowest BCUT2D eigenvalue weighted by atomic mass is 10.0. The summed E-state index contributed by atoms with van der Waals surface area (Å²) in [4.78, 5) is 13.4. The minimum atomic E-state index is -0.213. The molecule has 0 saturated carbocycles. The van der Waals surface area contributed by atoms with Crippen LogP contribution < -0.4 is 15.5 Å². The molecule has 2 aromatic rings. The van der Waals surface area contributed by atoms with Crippen LogP contribution in [-0.2, 0) is 0 Å². The summed E-state index contributed by atoms with van der Waals surface area (Å²) < 4.78 is 12.9. The highest BCUT2D eigenvalue weighted by Gasteiger charge is 2.20. The fourth-order valence-electron chi connectivity index (χ4n) is 2.66. The van der Waals surface area contributed by atoms with Gasteiger partial charge in [0, 0.05) is 31.0 Å². The maximum atomic E-state index is 12.9. The van der Waals surface area contributed by atoms with Crippen LogP contribution in [0.15, 0.2) is 48.5 Å². The molecule has 1 atom stereocenters. The molecule has 0 bridgehead atoms. The van der Waals surface area contributed by atoms with Crippen molar-refractivity contribution < 1.29 is 9.18 Å². The summed E-state index contributed by atoms with van der Waals surface area (Å²) in [5, 5.41) is 6.16. The van der Waals surface area contributed by atoms with Gasteiger partial charge in [0.1, 0.15) is 5.82 Å². The van der Waals surface area contributed by atoms with Gasteiger partial charge in [-0.3, -0.25) is 4.90 Å². The van der Waals surface area contributed by atoms with Gasteiger partial charge >= 0.3 is 6.03 Å². The quantitative estimate of drug-likeness (QED) is 0.886. The second-order valence-electron chi connectivity index (χ2n) is 5.76. The number of nitrogens with zero attached hydrogens (tertiary/aromatic N) is 1. The number of halogens is 1. The number of carbonyl (C=O) groups excluding carboxylic acids is 1. The molecule has 1 unspecified atom stereocenters. The zero-order chi connectivity index (χ0) is 16.2. The van der Waals surface area contributed by atoms with Gasteiger partial charge in [0.05, 0.1) is 0 Å². The van der Waals surface area contributed by atoms with Crippen LogP contribution in [0.4, 0.5) is 20.6 Å². The summed E-state index contributed by atoms with van der Waals surface area (Å²) in [6.45, 7) is 4.25. The SMILES string of the molecule is CC(CNc1ccc(N2CCNC2=O)cc1)c1ccc(F)cc1. The molecule has 0 aliphatic carbocycles. The molecule has 0 aromatic heterocycles. The Bertz CT molecular complexity index is 670. The van der Waals surface area contributed by atoms with Gasteiger partial charge in [-0.05, 0) is 47.9 Å². The summed E-state index contributed by atoms with van der Waals surface area (Å²) in [6.07, 6.45) is 0. The first-order valence-corrected chi connectivity index (χ1v) is 7.78. The lowest BCUT2D eigenvalue weighted by molar-refractivity contribution is 0.252. The Hall–Kier alpha value is -2.56. The predicted octanol–water partition coefficient (Wildman–Crippen LogP) is 3.57. The zero-order valence-corrected chi connectivity index (χ0v) is 13.1. The Morgan fingerprint density at radius 1 is 1.17 bits per heavy atom. The van der Waals surface area contributed by atoms with Crippen LogP contribution >= 0.6 is 0 Å². The number of hydrogen-bond acceptors (Lipinski definition) is 2. The van der Waals surface area contributed by atoms with E-state index in [1.165, 1.54) is 12.1 Å². The fraction of sp³-hybridized carbons (Fsp3) is 0.278. The molecule has 0 radical (unpaired) electrons. The zero-order valence-electron chi connectivity index (χ0n) is 13.1. The number of amides is 2. The Morgan fingerprint density at radius 2 is 1.87 bits per heavy atom. The van der Waals surface area contributed by atoms with Crippen LogP contribution in [0.5, 0.6) is 0 Å². The van der Waals surface area contributed by atoms with Crippen molar-refractivity contribution in [1.29, 1.82) is 0 Å². The third-order valence-electron chi connectivity index (χ3n) is 4.09. The van der Waals surface area contributed by atoms with Crippen molar-refractivity contribution in [3.8, 4) is 0 Å². The lowest BCUT2D eigenvalue weighted by Crippen LogP contribution is -2.27. The van der Waals surface area contributed by atoms with Gasteiger partial charge in [0.25, 0.3) is 0 Å². The van der Waals surface area contributed by atoms with E-state index in [0.717, 1.165) is 23.5 Å².